The van der Waals surface area contributed by atoms with Gasteiger partial charge in [0.1, 0.15) is 16.5 Å². The molecule has 0 heterocycles. The maximum atomic E-state index is 14.1. The van der Waals surface area contributed by atoms with Crippen LogP contribution < -0.4 is 18.9 Å². The number of benzene rings is 2. The van der Waals surface area contributed by atoms with Crippen LogP contribution in [-0.4, -0.2) is 29.0 Å². The fourth-order valence-corrected chi connectivity index (χ4v) is 3.13. The lowest BCUT2D eigenvalue weighted by Gasteiger charge is -2.14. The van der Waals surface area contributed by atoms with Gasteiger partial charge in [0.15, 0.2) is 11.5 Å². The fourth-order valence-electron chi connectivity index (χ4n) is 2.01. The van der Waals surface area contributed by atoms with Gasteiger partial charge >= 0.3 is 6.36 Å². The average Bonchev–Trinajstić information content (AvgIpc) is 2.52. The molecular weight excluding hydrogens is 382 g/mol. The van der Waals surface area contributed by atoms with E-state index in [4.69, 9.17) is 9.47 Å². The van der Waals surface area contributed by atoms with Crippen LogP contribution in [0.15, 0.2) is 41.3 Å². The monoisotopic (exact) mass is 395 g/mol. The van der Waals surface area contributed by atoms with Crippen molar-refractivity contribution >= 4 is 15.7 Å². The van der Waals surface area contributed by atoms with E-state index < -0.39 is 32.8 Å². The number of methoxy groups -OCH3 is 2. The molecule has 1 N–H and O–H groups in total. The van der Waals surface area contributed by atoms with Gasteiger partial charge in [0, 0.05) is 18.2 Å². The first kappa shape index (κ1) is 19.6. The van der Waals surface area contributed by atoms with E-state index in [0.717, 1.165) is 30.3 Å². The van der Waals surface area contributed by atoms with Crippen molar-refractivity contribution < 1.29 is 40.2 Å². The zero-order valence-corrected chi connectivity index (χ0v) is 14.2. The van der Waals surface area contributed by atoms with Crippen LogP contribution in [0, 0.1) is 5.82 Å². The van der Waals surface area contributed by atoms with Gasteiger partial charge in [-0.25, -0.2) is 12.8 Å². The predicted octanol–water partition coefficient (Wildman–Crippen LogP) is 3.54. The molecule has 0 aromatic heterocycles. The summed E-state index contributed by atoms with van der Waals surface area (Å²) in [6.45, 7) is 0. The maximum Gasteiger partial charge on any atom is 0.573 e. The van der Waals surface area contributed by atoms with Gasteiger partial charge in [-0.05, 0) is 12.1 Å². The number of rotatable bonds is 6. The zero-order chi connectivity index (χ0) is 19.5. The molecular formula is C15H13F4NO5S. The van der Waals surface area contributed by atoms with E-state index in [1.54, 1.807) is 0 Å². The summed E-state index contributed by atoms with van der Waals surface area (Å²) in [5.41, 5.74) is -0.249. The van der Waals surface area contributed by atoms with Gasteiger partial charge in [0.05, 0.1) is 19.9 Å². The Kier molecular flexibility index (Phi) is 5.50. The van der Waals surface area contributed by atoms with Crippen molar-refractivity contribution in [2.24, 2.45) is 0 Å². The Labute approximate surface area is 146 Å². The van der Waals surface area contributed by atoms with E-state index in [2.05, 4.69) is 4.74 Å². The molecule has 2 rings (SSSR count). The second-order valence-electron chi connectivity index (χ2n) is 4.82. The second kappa shape index (κ2) is 7.28. The number of ether oxygens (including phenoxy) is 3. The lowest BCUT2D eigenvalue weighted by molar-refractivity contribution is -0.274. The smallest absolute Gasteiger partial charge is 0.493 e. The van der Waals surface area contributed by atoms with E-state index in [9.17, 15) is 26.0 Å². The summed E-state index contributed by atoms with van der Waals surface area (Å²) in [6.07, 6.45) is -4.94. The molecule has 0 spiro atoms. The molecule has 0 aliphatic heterocycles. The molecule has 26 heavy (non-hydrogen) atoms. The van der Waals surface area contributed by atoms with Crippen molar-refractivity contribution in [3.8, 4) is 17.2 Å². The van der Waals surface area contributed by atoms with Crippen molar-refractivity contribution in [1.29, 1.82) is 0 Å². The lowest BCUT2D eigenvalue weighted by atomic mass is 10.3. The molecule has 0 fully saturated rings. The number of halogens is 4. The van der Waals surface area contributed by atoms with Gasteiger partial charge in [-0.3, -0.25) is 4.72 Å². The summed E-state index contributed by atoms with van der Waals surface area (Å²) in [6, 6.07) is 5.83. The molecule has 142 valence electrons. The Balaban J connectivity index is 2.36. The van der Waals surface area contributed by atoms with Crippen LogP contribution in [-0.2, 0) is 10.0 Å². The molecule has 0 aliphatic carbocycles. The van der Waals surface area contributed by atoms with Crippen LogP contribution in [0.25, 0.3) is 0 Å². The Bertz CT molecular complexity index is 899. The Morgan fingerprint density at radius 2 is 1.62 bits per heavy atom. The number of hydrogen-bond donors (Lipinski definition) is 1. The maximum absolute atomic E-state index is 14.1. The molecule has 11 heteroatoms. The van der Waals surface area contributed by atoms with Gasteiger partial charge in [-0.2, -0.15) is 0 Å². The standard InChI is InChI=1S/C15H13F4NO5S/c1-23-12-7-11(16)14(8-13(12)24-2)26(21,22)20-9-4-3-5-10(6-9)25-15(17,18)19/h3-8,20H,1-2H3. The molecule has 0 atom stereocenters. The average molecular weight is 395 g/mol. The molecule has 0 unspecified atom stereocenters. The third kappa shape index (κ3) is 4.69. The van der Waals surface area contributed by atoms with Crippen molar-refractivity contribution in [3.63, 3.8) is 0 Å². The molecule has 2 aromatic rings. The van der Waals surface area contributed by atoms with Gasteiger partial charge in [-0.15, -0.1) is 13.2 Å². The number of sulfonamides is 1. The minimum absolute atomic E-state index is 0.0236. The molecule has 6 nitrogen and oxygen atoms in total. The van der Waals surface area contributed by atoms with Crippen LogP contribution in [0.2, 0.25) is 0 Å². The minimum Gasteiger partial charge on any atom is -0.493 e. The number of anilines is 1. The highest BCUT2D eigenvalue weighted by Crippen LogP contribution is 2.33. The highest BCUT2D eigenvalue weighted by Gasteiger charge is 2.31. The van der Waals surface area contributed by atoms with E-state index >= 15 is 0 Å². The normalized spacial score (nSPS) is 11.8. The van der Waals surface area contributed by atoms with Crippen LogP contribution >= 0.6 is 0 Å². The molecule has 0 saturated heterocycles. The zero-order valence-electron chi connectivity index (χ0n) is 13.4. The fraction of sp³-hybridized carbons (Fsp3) is 0.200. The van der Waals surface area contributed by atoms with E-state index in [0.29, 0.717) is 0 Å². The van der Waals surface area contributed by atoms with Crippen molar-refractivity contribution in [3.05, 3.63) is 42.2 Å². The SMILES string of the molecule is COc1cc(F)c(S(=O)(=O)Nc2cccc(OC(F)(F)F)c2)cc1OC. The summed E-state index contributed by atoms with van der Waals surface area (Å²) in [5, 5.41) is 0. The number of hydrogen-bond acceptors (Lipinski definition) is 5. The number of alkyl halides is 3. The Morgan fingerprint density at radius 1 is 1.00 bits per heavy atom. The van der Waals surface area contributed by atoms with Crippen LogP contribution in [0.3, 0.4) is 0 Å². The highest BCUT2D eigenvalue weighted by molar-refractivity contribution is 7.92. The van der Waals surface area contributed by atoms with E-state index in [1.165, 1.54) is 20.3 Å². The van der Waals surface area contributed by atoms with E-state index in [-0.39, 0.29) is 17.2 Å². The van der Waals surface area contributed by atoms with Crippen LogP contribution in [0.1, 0.15) is 0 Å². The van der Waals surface area contributed by atoms with Crippen molar-refractivity contribution in [1.82, 2.24) is 0 Å². The van der Waals surface area contributed by atoms with Crippen molar-refractivity contribution in [2.75, 3.05) is 18.9 Å². The largest absolute Gasteiger partial charge is 0.573 e. The molecule has 0 bridgehead atoms. The van der Waals surface area contributed by atoms with Crippen molar-refractivity contribution in [2.45, 2.75) is 11.3 Å². The third-order valence-electron chi connectivity index (χ3n) is 3.05. The first-order valence-corrected chi connectivity index (χ1v) is 8.34. The van der Waals surface area contributed by atoms with Crippen LogP contribution in [0.5, 0.6) is 17.2 Å². The molecule has 0 aliphatic rings. The van der Waals surface area contributed by atoms with Gasteiger partial charge in [-0.1, -0.05) is 6.07 Å². The Hall–Kier alpha value is -2.69. The molecule has 0 radical (unpaired) electrons. The first-order chi connectivity index (χ1) is 12.1. The summed E-state index contributed by atoms with van der Waals surface area (Å²) in [4.78, 5) is -0.766. The summed E-state index contributed by atoms with van der Waals surface area (Å²) < 4.78 is 91.1. The highest BCUT2D eigenvalue weighted by atomic mass is 32.2. The topological polar surface area (TPSA) is 73.9 Å². The molecule has 0 amide bonds. The minimum atomic E-state index is -4.94. The summed E-state index contributed by atoms with van der Waals surface area (Å²) in [7, 11) is -1.98. The molecule has 0 saturated carbocycles. The third-order valence-corrected chi connectivity index (χ3v) is 4.44. The predicted molar refractivity (Wildman–Crippen MR) is 83.4 cm³/mol. The second-order valence-corrected chi connectivity index (χ2v) is 6.47. The summed E-state index contributed by atoms with van der Waals surface area (Å²) in [5.74, 6) is -1.82. The number of nitrogens with one attached hydrogen (secondary N) is 1. The van der Waals surface area contributed by atoms with Crippen LogP contribution in [0.4, 0.5) is 23.2 Å². The first-order valence-electron chi connectivity index (χ1n) is 6.86. The van der Waals surface area contributed by atoms with E-state index in [1.807, 2.05) is 4.72 Å². The van der Waals surface area contributed by atoms with Gasteiger partial charge in [0.25, 0.3) is 10.0 Å². The van der Waals surface area contributed by atoms with Gasteiger partial charge < -0.3 is 14.2 Å². The Morgan fingerprint density at radius 3 is 2.19 bits per heavy atom. The quantitative estimate of drug-likeness (QED) is 0.758. The summed E-state index contributed by atoms with van der Waals surface area (Å²) >= 11 is 0. The molecule has 2 aromatic carbocycles. The lowest BCUT2D eigenvalue weighted by Crippen LogP contribution is -2.18. The van der Waals surface area contributed by atoms with Gasteiger partial charge in [0.2, 0.25) is 0 Å².